The Morgan fingerprint density at radius 2 is 1.87 bits per heavy atom. The summed E-state index contributed by atoms with van der Waals surface area (Å²) in [5.41, 5.74) is 1.75. The van der Waals surface area contributed by atoms with Crippen molar-refractivity contribution in [1.82, 2.24) is 15.2 Å². The predicted molar refractivity (Wildman–Crippen MR) is 62.3 cm³/mol. The molecule has 1 rings (SSSR count). The summed E-state index contributed by atoms with van der Waals surface area (Å²) >= 11 is 5.85. The zero-order chi connectivity index (χ0) is 11.4. The largest absolute Gasteiger partial charge is 0.349 e. The van der Waals surface area contributed by atoms with E-state index in [0.29, 0.717) is 17.7 Å². The summed E-state index contributed by atoms with van der Waals surface area (Å²) in [6, 6.07) is 0.176. The van der Waals surface area contributed by atoms with E-state index in [1.807, 2.05) is 13.8 Å². The highest BCUT2D eigenvalue weighted by atomic mass is 35.5. The average Bonchev–Trinajstić information content (AvgIpc) is 2.19. The summed E-state index contributed by atoms with van der Waals surface area (Å²) in [7, 11) is 0. The molecule has 0 aliphatic heterocycles. The Bertz CT molecular complexity index is 327. The van der Waals surface area contributed by atoms with Gasteiger partial charge in [0, 0.05) is 11.9 Å². The molecule has 1 atom stereocenters. The maximum atomic E-state index is 5.85. The van der Waals surface area contributed by atoms with Crippen LogP contribution in [0, 0.1) is 19.8 Å². The van der Waals surface area contributed by atoms with E-state index in [1.54, 1.807) is 0 Å². The smallest absolute Gasteiger partial charge is 0.243 e. The number of halogens is 1. The molecule has 15 heavy (non-hydrogen) atoms. The van der Waals surface area contributed by atoms with Crippen molar-refractivity contribution < 1.29 is 0 Å². The standard InChI is InChI=1S/C10H17ClN4/c1-6(2)9(5-11)13-10-12-7(3)8(4)14-15-10/h6,9H,5H2,1-4H3,(H,12,13,15). The van der Waals surface area contributed by atoms with Crippen molar-refractivity contribution in [3.63, 3.8) is 0 Å². The molecular weight excluding hydrogens is 212 g/mol. The molecule has 0 saturated heterocycles. The summed E-state index contributed by atoms with van der Waals surface area (Å²) in [5, 5.41) is 11.2. The van der Waals surface area contributed by atoms with Crippen molar-refractivity contribution in [3.8, 4) is 0 Å². The second kappa shape index (κ2) is 5.26. The molecule has 0 aromatic carbocycles. The number of hydrogen-bond donors (Lipinski definition) is 1. The van der Waals surface area contributed by atoms with E-state index in [1.165, 1.54) is 0 Å². The van der Waals surface area contributed by atoms with Crippen LogP contribution < -0.4 is 5.32 Å². The van der Waals surface area contributed by atoms with E-state index in [-0.39, 0.29) is 6.04 Å². The van der Waals surface area contributed by atoms with Crippen LogP contribution in [0.5, 0.6) is 0 Å². The van der Waals surface area contributed by atoms with Crippen molar-refractivity contribution in [2.45, 2.75) is 33.7 Å². The lowest BCUT2D eigenvalue weighted by molar-refractivity contribution is 0.559. The Morgan fingerprint density at radius 1 is 1.20 bits per heavy atom. The first-order chi connectivity index (χ1) is 7.04. The number of nitrogens with one attached hydrogen (secondary N) is 1. The van der Waals surface area contributed by atoms with Crippen LogP contribution in [0.2, 0.25) is 0 Å². The Balaban J connectivity index is 2.75. The number of aromatic nitrogens is 3. The Morgan fingerprint density at radius 3 is 2.33 bits per heavy atom. The number of anilines is 1. The summed E-state index contributed by atoms with van der Waals surface area (Å²) in [4.78, 5) is 4.30. The maximum Gasteiger partial charge on any atom is 0.243 e. The van der Waals surface area contributed by atoms with Crippen molar-refractivity contribution in [2.75, 3.05) is 11.2 Å². The molecule has 0 spiro atoms. The Labute approximate surface area is 95.5 Å². The molecule has 4 nitrogen and oxygen atoms in total. The molecule has 0 aliphatic rings. The van der Waals surface area contributed by atoms with Crippen molar-refractivity contribution in [2.24, 2.45) is 5.92 Å². The fraction of sp³-hybridized carbons (Fsp3) is 0.700. The third-order valence-electron chi connectivity index (χ3n) is 2.38. The molecule has 0 amide bonds. The molecule has 1 aromatic rings. The van der Waals surface area contributed by atoms with Crippen molar-refractivity contribution in [3.05, 3.63) is 11.4 Å². The molecule has 84 valence electrons. The zero-order valence-electron chi connectivity index (χ0n) is 9.58. The molecule has 0 radical (unpaired) electrons. The average molecular weight is 229 g/mol. The van der Waals surface area contributed by atoms with Gasteiger partial charge in [0.25, 0.3) is 0 Å². The van der Waals surface area contributed by atoms with E-state index >= 15 is 0 Å². The lowest BCUT2D eigenvalue weighted by atomic mass is 10.1. The van der Waals surface area contributed by atoms with Crippen LogP contribution in [0.3, 0.4) is 0 Å². The third-order valence-corrected chi connectivity index (χ3v) is 2.71. The lowest BCUT2D eigenvalue weighted by Crippen LogP contribution is -2.28. The molecular formula is C10H17ClN4. The quantitative estimate of drug-likeness (QED) is 0.803. The van der Waals surface area contributed by atoms with E-state index in [4.69, 9.17) is 11.6 Å². The summed E-state index contributed by atoms with van der Waals surface area (Å²) < 4.78 is 0. The number of alkyl halides is 1. The number of aryl methyl sites for hydroxylation is 2. The topological polar surface area (TPSA) is 50.7 Å². The van der Waals surface area contributed by atoms with Gasteiger partial charge in [-0.25, -0.2) is 4.98 Å². The maximum absolute atomic E-state index is 5.85. The minimum atomic E-state index is 0.176. The highest BCUT2D eigenvalue weighted by molar-refractivity contribution is 6.18. The second-order valence-electron chi connectivity index (χ2n) is 3.96. The number of rotatable bonds is 4. The molecule has 1 aromatic heterocycles. The first-order valence-corrected chi connectivity index (χ1v) is 5.58. The van der Waals surface area contributed by atoms with Gasteiger partial charge in [-0.3, -0.25) is 0 Å². The van der Waals surface area contributed by atoms with Crippen LogP contribution in [0.25, 0.3) is 0 Å². The van der Waals surface area contributed by atoms with Gasteiger partial charge in [0.15, 0.2) is 0 Å². The molecule has 1 heterocycles. The predicted octanol–water partition coefficient (Wildman–Crippen LogP) is 2.16. The summed E-state index contributed by atoms with van der Waals surface area (Å²) in [6.07, 6.45) is 0. The van der Waals surface area contributed by atoms with Gasteiger partial charge in [-0.05, 0) is 19.8 Å². The van der Waals surface area contributed by atoms with Crippen LogP contribution in [-0.4, -0.2) is 27.1 Å². The molecule has 5 heteroatoms. The first kappa shape index (κ1) is 12.2. The normalized spacial score (nSPS) is 12.9. The van der Waals surface area contributed by atoms with Gasteiger partial charge < -0.3 is 5.32 Å². The van der Waals surface area contributed by atoms with Crippen LogP contribution in [0.4, 0.5) is 5.95 Å². The minimum Gasteiger partial charge on any atom is -0.349 e. The van der Waals surface area contributed by atoms with E-state index in [0.717, 1.165) is 11.4 Å². The Hall–Kier alpha value is -0.900. The van der Waals surface area contributed by atoms with Crippen LogP contribution in [0.15, 0.2) is 0 Å². The lowest BCUT2D eigenvalue weighted by Gasteiger charge is -2.19. The molecule has 1 unspecified atom stereocenters. The van der Waals surface area contributed by atoms with Gasteiger partial charge in [0.2, 0.25) is 5.95 Å². The van der Waals surface area contributed by atoms with Gasteiger partial charge >= 0.3 is 0 Å². The number of hydrogen-bond acceptors (Lipinski definition) is 4. The van der Waals surface area contributed by atoms with E-state index < -0.39 is 0 Å². The summed E-state index contributed by atoms with van der Waals surface area (Å²) in [6.45, 7) is 8.02. The fourth-order valence-corrected chi connectivity index (χ4v) is 1.50. The van der Waals surface area contributed by atoms with E-state index in [9.17, 15) is 0 Å². The van der Waals surface area contributed by atoms with Gasteiger partial charge in [-0.2, -0.15) is 5.10 Å². The fourth-order valence-electron chi connectivity index (χ4n) is 1.07. The van der Waals surface area contributed by atoms with Crippen LogP contribution >= 0.6 is 11.6 Å². The zero-order valence-corrected chi connectivity index (χ0v) is 10.3. The molecule has 0 saturated carbocycles. The monoisotopic (exact) mass is 228 g/mol. The van der Waals surface area contributed by atoms with Crippen LogP contribution in [-0.2, 0) is 0 Å². The molecule has 0 bridgehead atoms. The minimum absolute atomic E-state index is 0.176. The number of nitrogens with zero attached hydrogens (tertiary/aromatic N) is 3. The van der Waals surface area contributed by atoms with Gasteiger partial charge in [0.05, 0.1) is 11.4 Å². The third kappa shape index (κ3) is 3.30. The molecule has 1 N–H and O–H groups in total. The van der Waals surface area contributed by atoms with E-state index in [2.05, 4.69) is 34.3 Å². The molecule has 0 aliphatic carbocycles. The van der Waals surface area contributed by atoms with Gasteiger partial charge in [0.1, 0.15) is 0 Å². The second-order valence-corrected chi connectivity index (χ2v) is 4.26. The first-order valence-electron chi connectivity index (χ1n) is 5.05. The SMILES string of the molecule is Cc1nnc(NC(CCl)C(C)C)nc1C. The summed E-state index contributed by atoms with van der Waals surface area (Å²) in [5.74, 6) is 1.53. The highest BCUT2D eigenvalue weighted by Crippen LogP contribution is 2.10. The van der Waals surface area contributed by atoms with Crippen LogP contribution in [0.1, 0.15) is 25.2 Å². The van der Waals surface area contributed by atoms with Crippen molar-refractivity contribution in [1.29, 1.82) is 0 Å². The van der Waals surface area contributed by atoms with Gasteiger partial charge in [-0.15, -0.1) is 16.7 Å². The molecule has 0 fully saturated rings. The Kier molecular flexibility index (Phi) is 4.27. The van der Waals surface area contributed by atoms with Crippen molar-refractivity contribution >= 4 is 17.5 Å². The highest BCUT2D eigenvalue weighted by Gasteiger charge is 2.13. The van der Waals surface area contributed by atoms with Gasteiger partial charge in [-0.1, -0.05) is 13.8 Å².